The van der Waals surface area contributed by atoms with E-state index >= 15 is 0 Å². The van der Waals surface area contributed by atoms with Crippen molar-refractivity contribution in [1.29, 1.82) is 0 Å². The molecule has 3 rings (SSSR count). The number of thiophene rings is 1. The summed E-state index contributed by atoms with van der Waals surface area (Å²) >= 11 is 7.39. The molecular weight excluding hydrogens is 296 g/mol. The number of nitrogens with zero attached hydrogens (tertiary/aromatic N) is 1. The lowest BCUT2D eigenvalue weighted by Gasteiger charge is -2.13. The Morgan fingerprint density at radius 3 is 2.80 bits per heavy atom. The van der Waals surface area contributed by atoms with Crippen LogP contribution in [0.15, 0.2) is 35.7 Å². The summed E-state index contributed by atoms with van der Waals surface area (Å²) in [5.74, 6) is -0.415. The number of carbonyl (C=O) groups excluding carboxylic acids is 2. The van der Waals surface area contributed by atoms with Crippen LogP contribution >= 0.6 is 22.9 Å². The Morgan fingerprint density at radius 2 is 2.15 bits per heavy atom. The largest absolute Gasteiger partial charge is 0.351 e. The first-order valence-electron chi connectivity index (χ1n) is 6.02. The van der Waals surface area contributed by atoms with Gasteiger partial charge in [-0.05, 0) is 35.2 Å². The molecule has 20 heavy (non-hydrogen) atoms. The first-order valence-corrected chi connectivity index (χ1v) is 7.28. The Morgan fingerprint density at radius 1 is 1.35 bits per heavy atom. The fourth-order valence-corrected chi connectivity index (χ4v) is 3.35. The highest BCUT2D eigenvalue weighted by Gasteiger charge is 2.36. The zero-order chi connectivity index (χ0) is 14.3. The number of halogens is 1. The first-order chi connectivity index (χ1) is 9.58. The maximum absolute atomic E-state index is 12.5. The SMILES string of the molecule is NC(=O)N1CC(C(=O)c2cccs2)c2cc(Cl)ccc21. The van der Waals surface area contributed by atoms with Crippen LogP contribution in [0.4, 0.5) is 10.5 Å². The molecule has 0 radical (unpaired) electrons. The summed E-state index contributed by atoms with van der Waals surface area (Å²) in [6.45, 7) is 0.266. The number of rotatable bonds is 2. The van der Waals surface area contributed by atoms with E-state index in [1.165, 1.54) is 16.2 Å². The maximum Gasteiger partial charge on any atom is 0.319 e. The van der Waals surface area contributed by atoms with Crippen molar-refractivity contribution in [2.24, 2.45) is 5.73 Å². The van der Waals surface area contributed by atoms with E-state index in [1.807, 2.05) is 11.4 Å². The molecule has 1 aliphatic heterocycles. The van der Waals surface area contributed by atoms with Crippen molar-refractivity contribution < 1.29 is 9.59 Å². The van der Waals surface area contributed by atoms with Gasteiger partial charge in [0.15, 0.2) is 5.78 Å². The van der Waals surface area contributed by atoms with Gasteiger partial charge in [-0.15, -0.1) is 11.3 Å². The molecule has 0 spiro atoms. The molecule has 2 heterocycles. The highest BCUT2D eigenvalue weighted by Crippen LogP contribution is 2.39. The molecule has 0 saturated heterocycles. The number of hydrogen-bond acceptors (Lipinski definition) is 3. The lowest BCUT2D eigenvalue weighted by molar-refractivity contribution is 0.0969. The zero-order valence-electron chi connectivity index (χ0n) is 10.4. The molecule has 2 N–H and O–H groups in total. The van der Waals surface area contributed by atoms with Crippen LogP contribution in [0.5, 0.6) is 0 Å². The second kappa shape index (κ2) is 4.92. The van der Waals surface area contributed by atoms with Crippen molar-refractivity contribution in [3.05, 3.63) is 51.2 Å². The molecule has 0 saturated carbocycles. The number of Topliss-reactive ketones (excluding diaryl/α,β-unsaturated/α-hetero) is 1. The molecule has 6 heteroatoms. The monoisotopic (exact) mass is 306 g/mol. The molecule has 1 aromatic carbocycles. The van der Waals surface area contributed by atoms with Gasteiger partial charge in [0.1, 0.15) is 0 Å². The fourth-order valence-electron chi connectivity index (χ4n) is 2.45. The van der Waals surface area contributed by atoms with Gasteiger partial charge >= 0.3 is 6.03 Å². The Hall–Kier alpha value is -1.85. The molecular formula is C14H11ClN2O2S. The molecule has 1 aromatic heterocycles. The molecule has 0 aliphatic carbocycles. The van der Waals surface area contributed by atoms with E-state index in [0.717, 1.165) is 5.56 Å². The predicted octanol–water partition coefficient (Wildman–Crippen LogP) is 3.27. The molecule has 2 amide bonds. The van der Waals surface area contributed by atoms with Gasteiger partial charge < -0.3 is 5.73 Å². The number of fused-ring (bicyclic) bond motifs is 1. The molecule has 2 aromatic rings. The van der Waals surface area contributed by atoms with E-state index in [2.05, 4.69) is 0 Å². The van der Waals surface area contributed by atoms with Crippen LogP contribution in [-0.4, -0.2) is 18.4 Å². The van der Waals surface area contributed by atoms with E-state index in [0.29, 0.717) is 15.6 Å². The predicted molar refractivity (Wildman–Crippen MR) is 79.8 cm³/mol. The van der Waals surface area contributed by atoms with Crippen molar-refractivity contribution in [3.8, 4) is 0 Å². The Kier molecular flexibility index (Phi) is 3.23. The van der Waals surface area contributed by atoms with Crippen molar-refractivity contribution in [1.82, 2.24) is 0 Å². The van der Waals surface area contributed by atoms with Crippen LogP contribution in [0.3, 0.4) is 0 Å². The topological polar surface area (TPSA) is 63.4 Å². The van der Waals surface area contributed by atoms with Gasteiger partial charge in [-0.2, -0.15) is 0 Å². The van der Waals surface area contributed by atoms with Gasteiger partial charge in [0, 0.05) is 17.3 Å². The first kappa shape index (κ1) is 13.1. The number of benzene rings is 1. The number of ketones is 1. The number of anilines is 1. The van der Waals surface area contributed by atoms with Gasteiger partial charge in [0.2, 0.25) is 0 Å². The molecule has 4 nitrogen and oxygen atoms in total. The third-order valence-corrected chi connectivity index (χ3v) is 4.49. The van der Waals surface area contributed by atoms with E-state index in [9.17, 15) is 9.59 Å². The summed E-state index contributed by atoms with van der Waals surface area (Å²) in [5, 5.41) is 2.39. The van der Waals surface area contributed by atoms with E-state index in [1.54, 1.807) is 24.3 Å². The van der Waals surface area contributed by atoms with Crippen LogP contribution < -0.4 is 10.6 Å². The van der Waals surface area contributed by atoms with Gasteiger partial charge in [-0.1, -0.05) is 17.7 Å². The number of urea groups is 1. The van der Waals surface area contributed by atoms with Crippen molar-refractivity contribution in [2.45, 2.75) is 5.92 Å². The highest BCUT2D eigenvalue weighted by atomic mass is 35.5. The molecule has 102 valence electrons. The van der Waals surface area contributed by atoms with E-state index in [-0.39, 0.29) is 12.3 Å². The average Bonchev–Trinajstić information content (AvgIpc) is 3.05. The normalized spacial score (nSPS) is 17.1. The second-order valence-corrected chi connectivity index (χ2v) is 5.93. The van der Waals surface area contributed by atoms with E-state index < -0.39 is 11.9 Å². The third-order valence-electron chi connectivity index (χ3n) is 3.37. The second-order valence-electron chi connectivity index (χ2n) is 4.55. The third kappa shape index (κ3) is 2.09. The summed E-state index contributed by atoms with van der Waals surface area (Å²) in [5.41, 5.74) is 6.80. The van der Waals surface area contributed by atoms with Gasteiger partial charge in [0.05, 0.1) is 10.8 Å². The molecule has 0 bridgehead atoms. The summed E-state index contributed by atoms with van der Waals surface area (Å²) < 4.78 is 0. The Balaban J connectivity index is 2.05. The Labute approximate surface area is 124 Å². The summed E-state index contributed by atoms with van der Waals surface area (Å²) in [7, 11) is 0. The molecule has 1 unspecified atom stereocenters. The molecule has 1 aliphatic rings. The number of carbonyl (C=O) groups is 2. The van der Waals surface area contributed by atoms with Gasteiger partial charge in [0.25, 0.3) is 0 Å². The number of primary amides is 1. The van der Waals surface area contributed by atoms with Crippen molar-refractivity contribution in [2.75, 3.05) is 11.4 Å². The summed E-state index contributed by atoms with van der Waals surface area (Å²) in [4.78, 5) is 26.1. The molecule has 0 fully saturated rings. The smallest absolute Gasteiger partial charge is 0.319 e. The van der Waals surface area contributed by atoms with Crippen LogP contribution in [0.25, 0.3) is 0 Å². The van der Waals surface area contributed by atoms with Crippen LogP contribution in [0.1, 0.15) is 21.2 Å². The van der Waals surface area contributed by atoms with Crippen LogP contribution in [-0.2, 0) is 0 Å². The van der Waals surface area contributed by atoms with Crippen LogP contribution in [0.2, 0.25) is 5.02 Å². The lowest BCUT2D eigenvalue weighted by atomic mass is 9.96. The summed E-state index contributed by atoms with van der Waals surface area (Å²) in [6, 6.07) is 8.20. The van der Waals surface area contributed by atoms with Crippen molar-refractivity contribution in [3.63, 3.8) is 0 Å². The Bertz CT molecular complexity index is 684. The highest BCUT2D eigenvalue weighted by molar-refractivity contribution is 7.12. The number of amides is 2. The van der Waals surface area contributed by atoms with E-state index in [4.69, 9.17) is 17.3 Å². The lowest BCUT2D eigenvalue weighted by Crippen LogP contribution is -2.35. The minimum absolute atomic E-state index is 0.00716. The summed E-state index contributed by atoms with van der Waals surface area (Å²) in [6.07, 6.45) is 0. The standard InChI is InChI=1S/C14H11ClN2O2S/c15-8-3-4-11-9(6-8)10(7-17(11)14(16)19)13(18)12-2-1-5-20-12/h1-6,10H,7H2,(H2,16,19). The van der Waals surface area contributed by atoms with Gasteiger partial charge in [-0.25, -0.2) is 4.79 Å². The average molecular weight is 307 g/mol. The molecule has 1 atom stereocenters. The number of hydrogen-bond donors (Lipinski definition) is 1. The minimum atomic E-state index is -0.560. The fraction of sp³-hybridized carbons (Fsp3) is 0.143. The number of nitrogens with two attached hydrogens (primary N) is 1. The van der Waals surface area contributed by atoms with Crippen molar-refractivity contribution >= 4 is 40.4 Å². The maximum atomic E-state index is 12.5. The zero-order valence-corrected chi connectivity index (χ0v) is 11.9. The van der Waals surface area contributed by atoms with Gasteiger partial charge in [-0.3, -0.25) is 9.69 Å². The quantitative estimate of drug-likeness (QED) is 0.866. The van der Waals surface area contributed by atoms with Crippen LogP contribution in [0, 0.1) is 0 Å². The minimum Gasteiger partial charge on any atom is -0.351 e.